The van der Waals surface area contributed by atoms with E-state index in [-0.39, 0.29) is 24.8 Å². The van der Waals surface area contributed by atoms with Crippen LogP contribution >= 0.6 is 0 Å². The molecule has 1 amide bonds. The monoisotopic (exact) mass is 281 g/mol. The van der Waals surface area contributed by atoms with E-state index in [1.54, 1.807) is 12.1 Å². The maximum atomic E-state index is 11.1. The Bertz CT molecular complexity index is 496. The average Bonchev–Trinajstić information content (AvgIpc) is 2.43. The van der Waals surface area contributed by atoms with Crippen LogP contribution in [0.15, 0.2) is 24.3 Å². The highest BCUT2D eigenvalue weighted by molar-refractivity contribution is 5.87. The van der Waals surface area contributed by atoms with Gasteiger partial charge in [0.2, 0.25) is 5.91 Å². The third kappa shape index (κ3) is 4.69. The van der Waals surface area contributed by atoms with Crippen LogP contribution in [0.3, 0.4) is 0 Å². The molecule has 0 fully saturated rings. The van der Waals surface area contributed by atoms with E-state index >= 15 is 0 Å². The number of benzene rings is 1. The molecule has 108 valence electrons. The summed E-state index contributed by atoms with van der Waals surface area (Å²) >= 11 is 0. The summed E-state index contributed by atoms with van der Waals surface area (Å²) in [4.78, 5) is 32.7. The van der Waals surface area contributed by atoms with E-state index in [1.165, 1.54) is 17.6 Å². The number of carbonyl (C=O) groups is 3. The van der Waals surface area contributed by atoms with E-state index in [0.717, 1.165) is 0 Å². The summed E-state index contributed by atoms with van der Waals surface area (Å²) in [6.45, 7) is 0. The molecule has 1 atom stereocenters. The zero-order valence-electron chi connectivity index (χ0n) is 10.6. The molecule has 0 heterocycles. The number of rotatable bonds is 7. The van der Waals surface area contributed by atoms with E-state index in [2.05, 4.69) is 0 Å². The molecule has 0 spiro atoms. The predicted molar refractivity (Wildman–Crippen MR) is 67.4 cm³/mol. The van der Waals surface area contributed by atoms with Gasteiger partial charge in [-0.3, -0.25) is 14.8 Å². The first-order valence-corrected chi connectivity index (χ1v) is 5.92. The number of hydrogen-bond donors (Lipinski definition) is 4. The lowest BCUT2D eigenvalue weighted by Crippen LogP contribution is -2.23. The van der Waals surface area contributed by atoms with Crippen molar-refractivity contribution in [3.8, 4) is 0 Å². The van der Waals surface area contributed by atoms with E-state index in [1.807, 2.05) is 0 Å². The van der Waals surface area contributed by atoms with Gasteiger partial charge < -0.3 is 10.2 Å². The molecular formula is C13H15NO6. The molecule has 0 aromatic heterocycles. The van der Waals surface area contributed by atoms with Crippen LogP contribution in [0.4, 0.5) is 0 Å². The first-order chi connectivity index (χ1) is 9.43. The van der Waals surface area contributed by atoms with Crippen molar-refractivity contribution in [3.63, 3.8) is 0 Å². The smallest absolute Gasteiger partial charge is 0.335 e. The number of aliphatic carboxylic acids is 1. The summed E-state index contributed by atoms with van der Waals surface area (Å²) < 4.78 is 0. The van der Waals surface area contributed by atoms with Gasteiger partial charge in [-0.1, -0.05) is 12.1 Å². The zero-order valence-corrected chi connectivity index (χ0v) is 10.6. The van der Waals surface area contributed by atoms with Crippen LogP contribution in [0.2, 0.25) is 0 Å². The fraction of sp³-hybridized carbons (Fsp3) is 0.308. The second-order valence-electron chi connectivity index (χ2n) is 4.32. The third-order valence-electron chi connectivity index (χ3n) is 2.88. The first kappa shape index (κ1) is 15.6. The highest BCUT2D eigenvalue weighted by Gasteiger charge is 2.19. The van der Waals surface area contributed by atoms with Gasteiger partial charge >= 0.3 is 11.9 Å². The van der Waals surface area contributed by atoms with Crippen LogP contribution in [0.25, 0.3) is 0 Å². The van der Waals surface area contributed by atoms with Gasteiger partial charge in [0.05, 0.1) is 11.5 Å². The number of hydrogen-bond acceptors (Lipinski definition) is 4. The van der Waals surface area contributed by atoms with Crippen LogP contribution < -0.4 is 5.48 Å². The fourth-order valence-corrected chi connectivity index (χ4v) is 1.74. The second kappa shape index (κ2) is 7.25. The molecule has 0 bridgehead atoms. The lowest BCUT2D eigenvalue weighted by Gasteiger charge is -2.11. The number of aromatic carboxylic acids is 1. The molecule has 0 aliphatic heterocycles. The number of amides is 1. The summed E-state index contributed by atoms with van der Waals surface area (Å²) in [5.41, 5.74) is 2.24. The maximum Gasteiger partial charge on any atom is 0.335 e. The molecule has 0 aliphatic carbocycles. The number of carboxylic acid groups (broad SMARTS) is 2. The molecule has 20 heavy (non-hydrogen) atoms. The number of carbonyl (C=O) groups excluding carboxylic acids is 1. The molecule has 0 saturated heterocycles. The van der Waals surface area contributed by atoms with Crippen molar-refractivity contribution in [1.29, 1.82) is 0 Å². The van der Waals surface area contributed by atoms with Gasteiger partial charge in [-0.15, -0.1) is 0 Å². The minimum atomic E-state index is -1.05. The lowest BCUT2D eigenvalue weighted by atomic mass is 9.94. The number of carboxylic acids is 2. The Labute approximate surface area is 114 Å². The Morgan fingerprint density at radius 1 is 1.10 bits per heavy atom. The van der Waals surface area contributed by atoms with Crippen LogP contribution in [0.5, 0.6) is 0 Å². The summed E-state index contributed by atoms with van der Waals surface area (Å²) in [5.74, 6) is -3.51. The molecule has 0 aliphatic rings. The van der Waals surface area contributed by atoms with Gasteiger partial charge in [0, 0.05) is 6.42 Å². The van der Waals surface area contributed by atoms with E-state index in [4.69, 9.17) is 15.4 Å². The Balaban J connectivity index is 2.67. The summed E-state index contributed by atoms with van der Waals surface area (Å²) in [7, 11) is 0. The highest BCUT2D eigenvalue weighted by atomic mass is 16.5. The second-order valence-corrected chi connectivity index (χ2v) is 4.32. The quantitative estimate of drug-likeness (QED) is 0.435. The molecule has 0 radical (unpaired) electrons. The largest absolute Gasteiger partial charge is 0.481 e. The third-order valence-corrected chi connectivity index (χ3v) is 2.88. The minimum Gasteiger partial charge on any atom is -0.481 e. The molecule has 0 unspecified atom stereocenters. The normalized spacial score (nSPS) is 11.7. The topological polar surface area (TPSA) is 124 Å². The average molecular weight is 281 g/mol. The van der Waals surface area contributed by atoms with Crippen LogP contribution in [-0.4, -0.2) is 33.3 Å². The fourth-order valence-electron chi connectivity index (χ4n) is 1.74. The first-order valence-electron chi connectivity index (χ1n) is 5.92. The lowest BCUT2D eigenvalue weighted by molar-refractivity contribution is -0.142. The molecule has 1 aromatic rings. The molecular weight excluding hydrogens is 266 g/mol. The molecule has 4 N–H and O–H groups in total. The predicted octanol–water partition coefficient (Wildman–Crippen LogP) is 0.914. The molecule has 7 nitrogen and oxygen atoms in total. The van der Waals surface area contributed by atoms with Crippen LogP contribution in [-0.2, 0) is 16.0 Å². The van der Waals surface area contributed by atoms with Crippen molar-refractivity contribution in [3.05, 3.63) is 35.4 Å². The zero-order chi connectivity index (χ0) is 15.1. The number of nitrogens with one attached hydrogen (secondary N) is 1. The van der Waals surface area contributed by atoms with Crippen LogP contribution in [0, 0.1) is 5.92 Å². The minimum absolute atomic E-state index is 0.0857. The Kier molecular flexibility index (Phi) is 5.67. The van der Waals surface area contributed by atoms with Crippen molar-refractivity contribution in [2.75, 3.05) is 0 Å². The van der Waals surface area contributed by atoms with Crippen molar-refractivity contribution < 1.29 is 29.8 Å². The van der Waals surface area contributed by atoms with Crippen LogP contribution in [0.1, 0.15) is 28.8 Å². The van der Waals surface area contributed by atoms with Crippen molar-refractivity contribution in [2.45, 2.75) is 19.3 Å². The van der Waals surface area contributed by atoms with Gasteiger partial charge in [-0.05, 0) is 30.5 Å². The van der Waals surface area contributed by atoms with Gasteiger partial charge in [-0.2, -0.15) is 0 Å². The maximum absolute atomic E-state index is 11.1. The molecule has 1 rings (SSSR count). The van der Waals surface area contributed by atoms with Gasteiger partial charge in [0.25, 0.3) is 0 Å². The summed E-state index contributed by atoms with van der Waals surface area (Å²) in [6, 6.07) is 5.89. The highest BCUT2D eigenvalue weighted by Crippen LogP contribution is 2.15. The van der Waals surface area contributed by atoms with Crippen molar-refractivity contribution >= 4 is 17.8 Å². The number of hydroxylamine groups is 1. The Morgan fingerprint density at radius 2 is 1.70 bits per heavy atom. The van der Waals surface area contributed by atoms with Gasteiger partial charge in [0.15, 0.2) is 0 Å². The van der Waals surface area contributed by atoms with Crippen molar-refractivity contribution in [2.24, 2.45) is 5.92 Å². The molecule has 7 heteroatoms. The van der Waals surface area contributed by atoms with E-state index in [9.17, 15) is 14.4 Å². The molecule has 1 aromatic carbocycles. The standard InChI is InChI=1S/C13H15NO6/c15-11(14-20)6-5-10(13(18)19)7-8-1-3-9(4-2-8)12(16)17/h1-4,10,20H,5-7H2,(H,14,15)(H,16,17)(H,18,19)/t10-/m1/s1. The van der Waals surface area contributed by atoms with Gasteiger partial charge in [0.1, 0.15) is 0 Å². The summed E-state index contributed by atoms with van der Waals surface area (Å²) in [5, 5.41) is 26.2. The molecule has 0 saturated carbocycles. The van der Waals surface area contributed by atoms with Crippen molar-refractivity contribution in [1.82, 2.24) is 5.48 Å². The summed E-state index contributed by atoms with van der Waals surface area (Å²) in [6.07, 6.45) is 0.178. The van der Waals surface area contributed by atoms with E-state index in [0.29, 0.717) is 5.56 Å². The van der Waals surface area contributed by atoms with Gasteiger partial charge in [-0.25, -0.2) is 10.3 Å². The van der Waals surface area contributed by atoms with E-state index < -0.39 is 23.8 Å². The Hall–Kier alpha value is -2.41. The Morgan fingerprint density at radius 3 is 2.15 bits per heavy atom. The SMILES string of the molecule is O=C(CC[C@H](Cc1ccc(C(=O)O)cc1)C(=O)O)NO.